The molecular formula is C13H18N2O2S. The summed E-state index contributed by atoms with van der Waals surface area (Å²) in [6.45, 7) is 3.34. The summed E-state index contributed by atoms with van der Waals surface area (Å²) in [5, 5.41) is 10.3. The molecule has 4 nitrogen and oxygen atoms in total. The molecule has 0 radical (unpaired) electrons. The Balaban J connectivity index is 2.06. The van der Waals surface area contributed by atoms with Crippen molar-refractivity contribution in [2.75, 3.05) is 18.8 Å². The summed E-state index contributed by atoms with van der Waals surface area (Å²) in [6, 6.07) is 3.61. The summed E-state index contributed by atoms with van der Waals surface area (Å²) in [5.74, 6) is 0.989. The summed E-state index contributed by atoms with van der Waals surface area (Å²) >= 11 is 1.63. The van der Waals surface area contributed by atoms with Crippen molar-refractivity contribution in [3.8, 4) is 0 Å². The number of aromatic nitrogens is 1. The van der Waals surface area contributed by atoms with Crippen molar-refractivity contribution in [1.82, 2.24) is 9.88 Å². The first-order valence-corrected chi connectivity index (χ1v) is 7.25. The highest BCUT2D eigenvalue weighted by atomic mass is 32.2. The molecule has 1 aliphatic rings. The van der Waals surface area contributed by atoms with Gasteiger partial charge < -0.3 is 10.0 Å². The minimum atomic E-state index is -0.252. The molecule has 2 rings (SSSR count). The fraction of sp³-hybridized carbons (Fsp3) is 0.538. The standard InChI is InChI=1S/C13H18N2O2S/c1-2-18-12-9-10(3-6-14-12)13(17)15-7-4-11(16)5-8-15/h3,6,9,11,16H,2,4-5,7-8H2,1H3. The summed E-state index contributed by atoms with van der Waals surface area (Å²) in [4.78, 5) is 18.3. The Hall–Kier alpha value is -1.07. The molecule has 98 valence electrons. The average molecular weight is 266 g/mol. The number of aliphatic hydroxyl groups is 1. The number of hydrogen-bond acceptors (Lipinski definition) is 4. The van der Waals surface area contributed by atoms with Crippen LogP contribution in [0.25, 0.3) is 0 Å². The van der Waals surface area contributed by atoms with E-state index in [1.54, 1.807) is 24.0 Å². The fourth-order valence-electron chi connectivity index (χ4n) is 2.02. The van der Waals surface area contributed by atoms with Gasteiger partial charge in [-0.05, 0) is 30.7 Å². The molecular weight excluding hydrogens is 248 g/mol. The number of aliphatic hydroxyl groups excluding tert-OH is 1. The van der Waals surface area contributed by atoms with Crippen molar-refractivity contribution >= 4 is 17.7 Å². The minimum absolute atomic E-state index is 0.0438. The Bertz CT molecular complexity index is 417. The van der Waals surface area contributed by atoms with Gasteiger partial charge in [0.1, 0.15) is 0 Å². The number of nitrogens with zero attached hydrogens (tertiary/aromatic N) is 2. The van der Waals surface area contributed by atoms with Crippen LogP contribution in [0.15, 0.2) is 23.4 Å². The number of pyridine rings is 1. The number of amides is 1. The highest BCUT2D eigenvalue weighted by Gasteiger charge is 2.22. The van der Waals surface area contributed by atoms with E-state index in [2.05, 4.69) is 11.9 Å². The smallest absolute Gasteiger partial charge is 0.254 e. The van der Waals surface area contributed by atoms with E-state index in [0.717, 1.165) is 10.8 Å². The van der Waals surface area contributed by atoms with Crippen molar-refractivity contribution in [1.29, 1.82) is 0 Å². The first-order valence-electron chi connectivity index (χ1n) is 6.27. The maximum Gasteiger partial charge on any atom is 0.254 e. The maximum absolute atomic E-state index is 12.3. The minimum Gasteiger partial charge on any atom is -0.393 e. The number of rotatable bonds is 3. The van der Waals surface area contributed by atoms with E-state index < -0.39 is 0 Å². The third-order valence-corrected chi connectivity index (χ3v) is 3.83. The molecule has 2 heterocycles. The predicted octanol–water partition coefficient (Wildman–Crippen LogP) is 1.79. The SMILES string of the molecule is CCSc1cc(C(=O)N2CCC(O)CC2)ccn1. The number of likely N-dealkylation sites (tertiary alicyclic amines) is 1. The molecule has 1 amide bonds. The number of carbonyl (C=O) groups is 1. The molecule has 0 aromatic carbocycles. The van der Waals surface area contributed by atoms with E-state index in [1.807, 2.05) is 11.0 Å². The third-order valence-electron chi connectivity index (χ3n) is 3.03. The Kier molecular flexibility index (Phi) is 4.60. The summed E-state index contributed by atoms with van der Waals surface area (Å²) < 4.78 is 0. The van der Waals surface area contributed by atoms with Crippen molar-refractivity contribution in [3.63, 3.8) is 0 Å². The van der Waals surface area contributed by atoms with Crippen LogP contribution in [0.2, 0.25) is 0 Å². The van der Waals surface area contributed by atoms with Crippen molar-refractivity contribution in [2.24, 2.45) is 0 Å². The first-order chi connectivity index (χ1) is 8.70. The molecule has 0 aliphatic carbocycles. The van der Waals surface area contributed by atoms with E-state index in [4.69, 9.17) is 0 Å². The molecule has 0 atom stereocenters. The summed E-state index contributed by atoms with van der Waals surface area (Å²) in [6.07, 6.45) is 2.78. The zero-order chi connectivity index (χ0) is 13.0. The molecule has 5 heteroatoms. The molecule has 1 aliphatic heterocycles. The Morgan fingerprint density at radius 1 is 1.56 bits per heavy atom. The van der Waals surface area contributed by atoms with Crippen LogP contribution in [0.4, 0.5) is 0 Å². The van der Waals surface area contributed by atoms with E-state index >= 15 is 0 Å². The van der Waals surface area contributed by atoms with Gasteiger partial charge in [-0.3, -0.25) is 4.79 Å². The van der Waals surface area contributed by atoms with Gasteiger partial charge in [-0.2, -0.15) is 0 Å². The molecule has 0 unspecified atom stereocenters. The van der Waals surface area contributed by atoms with Crippen LogP contribution in [-0.2, 0) is 0 Å². The highest BCUT2D eigenvalue weighted by molar-refractivity contribution is 7.99. The molecule has 1 fully saturated rings. The number of piperidine rings is 1. The molecule has 1 saturated heterocycles. The Morgan fingerprint density at radius 2 is 2.28 bits per heavy atom. The van der Waals surface area contributed by atoms with Gasteiger partial charge in [0.25, 0.3) is 5.91 Å². The first kappa shape index (κ1) is 13.4. The lowest BCUT2D eigenvalue weighted by Gasteiger charge is -2.29. The van der Waals surface area contributed by atoms with Gasteiger partial charge in [0.2, 0.25) is 0 Å². The Labute approximate surface area is 111 Å². The number of hydrogen-bond donors (Lipinski definition) is 1. The zero-order valence-corrected chi connectivity index (χ0v) is 11.3. The second-order valence-electron chi connectivity index (χ2n) is 4.34. The van der Waals surface area contributed by atoms with E-state index in [9.17, 15) is 9.90 Å². The number of carbonyl (C=O) groups excluding carboxylic acids is 1. The van der Waals surface area contributed by atoms with Crippen LogP contribution in [0.1, 0.15) is 30.1 Å². The van der Waals surface area contributed by atoms with Gasteiger partial charge in [-0.15, -0.1) is 11.8 Å². The largest absolute Gasteiger partial charge is 0.393 e. The van der Waals surface area contributed by atoms with Gasteiger partial charge in [0.15, 0.2) is 0 Å². The van der Waals surface area contributed by atoms with E-state index in [0.29, 0.717) is 31.5 Å². The van der Waals surface area contributed by atoms with E-state index in [1.165, 1.54) is 0 Å². The summed E-state index contributed by atoms with van der Waals surface area (Å²) in [7, 11) is 0. The normalized spacial score (nSPS) is 16.9. The molecule has 0 bridgehead atoms. The molecule has 1 aromatic rings. The topological polar surface area (TPSA) is 53.4 Å². The van der Waals surface area contributed by atoms with Crippen LogP contribution >= 0.6 is 11.8 Å². The lowest BCUT2D eigenvalue weighted by molar-refractivity contribution is 0.0546. The van der Waals surface area contributed by atoms with Gasteiger partial charge in [0.05, 0.1) is 11.1 Å². The quantitative estimate of drug-likeness (QED) is 0.848. The van der Waals surface area contributed by atoms with Gasteiger partial charge >= 0.3 is 0 Å². The monoisotopic (exact) mass is 266 g/mol. The lowest BCUT2D eigenvalue weighted by Crippen LogP contribution is -2.40. The van der Waals surface area contributed by atoms with Crippen LogP contribution in [-0.4, -0.2) is 45.8 Å². The molecule has 1 aromatic heterocycles. The molecule has 1 N–H and O–H groups in total. The van der Waals surface area contributed by atoms with Gasteiger partial charge in [0, 0.05) is 24.8 Å². The maximum atomic E-state index is 12.3. The molecule has 0 spiro atoms. The van der Waals surface area contributed by atoms with Gasteiger partial charge in [-0.1, -0.05) is 6.92 Å². The third kappa shape index (κ3) is 3.23. The fourth-order valence-corrected chi connectivity index (χ4v) is 2.66. The van der Waals surface area contributed by atoms with Crippen LogP contribution in [0.5, 0.6) is 0 Å². The van der Waals surface area contributed by atoms with Gasteiger partial charge in [-0.25, -0.2) is 4.98 Å². The van der Waals surface area contributed by atoms with Crippen molar-refractivity contribution in [3.05, 3.63) is 23.9 Å². The van der Waals surface area contributed by atoms with Crippen molar-refractivity contribution in [2.45, 2.75) is 30.9 Å². The second kappa shape index (κ2) is 6.20. The molecule has 18 heavy (non-hydrogen) atoms. The van der Waals surface area contributed by atoms with Crippen molar-refractivity contribution < 1.29 is 9.90 Å². The predicted molar refractivity (Wildman–Crippen MR) is 71.8 cm³/mol. The van der Waals surface area contributed by atoms with Crippen LogP contribution < -0.4 is 0 Å². The average Bonchev–Trinajstić information content (AvgIpc) is 2.39. The second-order valence-corrected chi connectivity index (χ2v) is 5.62. The summed E-state index contributed by atoms with van der Waals surface area (Å²) in [5.41, 5.74) is 0.692. The van der Waals surface area contributed by atoms with E-state index in [-0.39, 0.29) is 12.0 Å². The highest BCUT2D eigenvalue weighted by Crippen LogP contribution is 2.18. The molecule has 0 saturated carbocycles. The van der Waals surface area contributed by atoms with Crippen LogP contribution in [0.3, 0.4) is 0 Å². The zero-order valence-electron chi connectivity index (χ0n) is 10.5. The van der Waals surface area contributed by atoms with Crippen LogP contribution in [0, 0.1) is 0 Å². The lowest BCUT2D eigenvalue weighted by atomic mass is 10.1. The number of thioether (sulfide) groups is 1. The Morgan fingerprint density at radius 3 is 2.94 bits per heavy atom.